The monoisotopic (exact) mass is 365 g/mol. The zero-order chi connectivity index (χ0) is 18.6. The number of carbonyl (C=O) groups excluding carboxylic acids is 1. The fourth-order valence-electron chi connectivity index (χ4n) is 3.82. The van der Waals surface area contributed by atoms with Crippen molar-refractivity contribution < 1.29 is 9.53 Å². The lowest BCUT2D eigenvalue weighted by Gasteiger charge is -2.41. The van der Waals surface area contributed by atoms with Crippen molar-refractivity contribution in [3.8, 4) is 5.75 Å². The molecule has 1 aliphatic carbocycles. The molecule has 0 radical (unpaired) electrons. The Morgan fingerprint density at radius 1 is 1.07 bits per heavy atom. The van der Waals surface area contributed by atoms with E-state index in [1.54, 1.807) is 0 Å². The van der Waals surface area contributed by atoms with Crippen LogP contribution in [-0.4, -0.2) is 48.1 Å². The normalized spacial score (nSPS) is 20.3. The molecular weight excluding hydrogens is 338 g/mol. The van der Waals surface area contributed by atoms with Gasteiger partial charge in [0, 0.05) is 25.7 Å². The second kappa shape index (κ2) is 8.01. The van der Waals surface area contributed by atoms with Crippen LogP contribution in [0.25, 0.3) is 0 Å². The number of ether oxygens (including phenoxy) is 1. The Balaban J connectivity index is 1.54. The molecular formula is C22H27N3O2. The smallest absolute Gasteiger partial charge is 0.322 e. The van der Waals surface area contributed by atoms with E-state index in [0.29, 0.717) is 18.4 Å². The molecule has 1 unspecified atom stereocenters. The Kier molecular flexibility index (Phi) is 5.30. The molecule has 1 aliphatic heterocycles. The number of carbonyl (C=O) groups is 1. The summed E-state index contributed by atoms with van der Waals surface area (Å²) in [5.41, 5.74) is 1.91. The van der Waals surface area contributed by atoms with Gasteiger partial charge in [0.25, 0.3) is 0 Å². The fourth-order valence-corrected chi connectivity index (χ4v) is 3.82. The van der Waals surface area contributed by atoms with Crippen molar-refractivity contribution in [3.63, 3.8) is 0 Å². The van der Waals surface area contributed by atoms with Crippen molar-refractivity contribution in [1.82, 2.24) is 9.80 Å². The number of hydrogen-bond acceptors (Lipinski definition) is 3. The van der Waals surface area contributed by atoms with E-state index in [4.69, 9.17) is 4.74 Å². The summed E-state index contributed by atoms with van der Waals surface area (Å²) in [6.45, 7) is 5.09. The molecule has 0 spiro atoms. The molecule has 1 N–H and O–H groups in total. The number of anilines is 1. The maximum atomic E-state index is 13.1. The van der Waals surface area contributed by atoms with Gasteiger partial charge in [-0.3, -0.25) is 4.90 Å². The molecule has 5 nitrogen and oxygen atoms in total. The number of piperazine rings is 1. The van der Waals surface area contributed by atoms with E-state index in [1.165, 1.54) is 18.4 Å². The zero-order valence-corrected chi connectivity index (χ0v) is 15.8. The van der Waals surface area contributed by atoms with E-state index in [-0.39, 0.29) is 12.1 Å². The number of benzene rings is 2. The molecule has 2 aromatic carbocycles. The van der Waals surface area contributed by atoms with E-state index in [2.05, 4.69) is 22.3 Å². The molecule has 142 valence electrons. The first-order valence-corrected chi connectivity index (χ1v) is 9.84. The van der Waals surface area contributed by atoms with E-state index in [1.807, 2.05) is 54.3 Å². The van der Waals surface area contributed by atoms with Gasteiger partial charge in [-0.25, -0.2) is 4.79 Å². The molecule has 2 aliphatic rings. The average molecular weight is 365 g/mol. The number of urea groups is 1. The predicted molar refractivity (Wildman–Crippen MR) is 107 cm³/mol. The van der Waals surface area contributed by atoms with Crippen LogP contribution in [0.5, 0.6) is 5.75 Å². The average Bonchev–Trinajstić information content (AvgIpc) is 3.55. The Morgan fingerprint density at radius 3 is 2.56 bits per heavy atom. The molecule has 1 saturated carbocycles. The summed E-state index contributed by atoms with van der Waals surface area (Å²) in [4.78, 5) is 17.6. The van der Waals surface area contributed by atoms with Gasteiger partial charge in [0.05, 0.1) is 18.3 Å². The number of rotatable bonds is 5. The van der Waals surface area contributed by atoms with E-state index >= 15 is 0 Å². The van der Waals surface area contributed by atoms with Crippen LogP contribution in [0.3, 0.4) is 0 Å². The third kappa shape index (κ3) is 4.08. The highest BCUT2D eigenvalue weighted by atomic mass is 16.5. The quantitative estimate of drug-likeness (QED) is 0.866. The van der Waals surface area contributed by atoms with Gasteiger partial charge in [0.15, 0.2) is 0 Å². The number of para-hydroxylation sites is 2. The Labute approximate surface area is 160 Å². The molecule has 1 saturated heterocycles. The standard InChI is InChI=1S/C22H27N3O2/c1-2-27-21-11-7-6-10-19(21)23-22(26)25-15-14-24(18-12-13-18)16-20(25)17-8-4-3-5-9-17/h3-11,18,20H,2,12-16H2,1H3,(H,23,26). The van der Waals surface area contributed by atoms with Gasteiger partial charge in [-0.05, 0) is 37.5 Å². The van der Waals surface area contributed by atoms with Crippen molar-refractivity contribution in [2.75, 3.05) is 31.6 Å². The van der Waals surface area contributed by atoms with Crippen LogP contribution < -0.4 is 10.1 Å². The number of nitrogens with one attached hydrogen (secondary N) is 1. The van der Waals surface area contributed by atoms with Crippen LogP contribution in [0.2, 0.25) is 0 Å². The fraction of sp³-hybridized carbons (Fsp3) is 0.409. The minimum absolute atomic E-state index is 0.0635. The first kappa shape index (κ1) is 17.9. The molecule has 2 amide bonds. The molecule has 1 heterocycles. The highest BCUT2D eigenvalue weighted by Gasteiger charge is 2.37. The van der Waals surface area contributed by atoms with Crippen LogP contribution >= 0.6 is 0 Å². The summed E-state index contributed by atoms with van der Waals surface area (Å²) in [5, 5.41) is 3.07. The minimum Gasteiger partial charge on any atom is -0.492 e. The first-order chi connectivity index (χ1) is 13.3. The summed E-state index contributed by atoms with van der Waals surface area (Å²) in [5.74, 6) is 0.709. The van der Waals surface area contributed by atoms with Gasteiger partial charge in [0.1, 0.15) is 5.75 Å². The largest absolute Gasteiger partial charge is 0.492 e. The van der Waals surface area contributed by atoms with E-state index in [9.17, 15) is 4.79 Å². The molecule has 0 bridgehead atoms. The Morgan fingerprint density at radius 2 is 1.81 bits per heavy atom. The van der Waals surface area contributed by atoms with E-state index in [0.717, 1.165) is 25.3 Å². The van der Waals surface area contributed by atoms with Crippen molar-refractivity contribution in [3.05, 3.63) is 60.2 Å². The molecule has 1 atom stereocenters. The maximum absolute atomic E-state index is 13.1. The van der Waals surface area contributed by atoms with Crippen LogP contribution in [0.1, 0.15) is 31.4 Å². The van der Waals surface area contributed by atoms with Gasteiger partial charge < -0.3 is 15.0 Å². The Bertz CT molecular complexity index is 776. The number of nitrogens with zero attached hydrogens (tertiary/aromatic N) is 2. The van der Waals surface area contributed by atoms with Crippen molar-refractivity contribution >= 4 is 11.7 Å². The second-order valence-corrected chi connectivity index (χ2v) is 7.21. The SMILES string of the molecule is CCOc1ccccc1NC(=O)N1CCN(C2CC2)CC1c1ccccc1. The Hall–Kier alpha value is -2.53. The summed E-state index contributed by atoms with van der Waals surface area (Å²) in [6.07, 6.45) is 2.57. The molecule has 5 heteroatoms. The van der Waals surface area contributed by atoms with Crippen LogP contribution in [0.15, 0.2) is 54.6 Å². The molecule has 4 rings (SSSR count). The molecule has 27 heavy (non-hydrogen) atoms. The third-order valence-corrected chi connectivity index (χ3v) is 5.35. The van der Waals surface area contributed by atoms with Crippen molar-refractivity contribution in [2.24, 2.45) is 0 Å². The van der Waals surface area contributed by atoms with Crippen LogP contribution in [0.4, 0.5) is 10.5 Å². The number of hydrogen-bond donors (Lipinski definition) is 1. The van der Waals surface area contributed by atoms with Crippen LogP contribution in [-0.2, 0) is 0 Å². The summed E-state index contributed by atoms with van der Waals surface area (Å²) in [6, 6.07) is 18.7. The van der Waals surface area contributed by atoms with Gasteiger partial charge in [-0.15, -0.1) is 0 Å². The van der Waals surface area contributed by atoms with E-state index < -0.39 is 0 Å². The maximum Gasteiger partial charge on any atom is 0.322 e. The second-order valence-electron chi connectivity index (χ2n) is 7.21. The third-order valence-electron chi connectivity index (χ3n) is 5.35. The van der Waals surface area contributed by atoms with Gasteiger partial charge >= 0.3 is 6.03 Å². The lowest BCUT2D eigenvalue weighted by Crippen LogP contribution is -2.52. The number of amides is 2. The zero-order valence-electron chi connectivity index (χ0n) is 15.8. The summed E-state index contributed by atoms with van der Waals surface area (Å²) < 4.78 is 5.65. The lowest BCUT2D eigenvalue weighted by molar-refractivity contribution is 0.0954. The van der Waals surface area contributed by atoms with Gasteiger partial charge in [0.2, 0.25) is 0 Å². The first-order valence-electron chi connectivity index (χ1n) is 9.84. The molecule has 2 aromatic rings. The highest BCUT2D eigenvalue weighted by molar-refractivity contribution is 5.91. The van der Waals surface area contributed by atoms with Crippen molar-refractivity contribution in [2.45, 2.75) is 31.8 Å². The topological polar surface area (TPSA) is 44.8 Å². The molecule has 0 aromatic heterocycles. The molecule has 2 fully saturated rings. The lowest BCUT2D eigenvalue weighted by atomic mass is 10.0. The predicted octanol–water partition coefficient (Wildman–Crippen LogP) is 4.14. The minimum atomic E-state index is -0.0635. The summed E-state index contributed by atoms with van der Waals surface area (Å²) >= 11 is 0. The summed E-state index contributed by atoms with van der Waals surface area (Å²) in [7, 11) is 0. The van der Waals surface area contributed by atoms with Gasteiger partial charge in [-0.2, -0.15) is 0 Å². The van der Waals surface area contributed by atoms with Crippen molar-refractivity contribution in [1.29, 1.82) is 0 Å². The highest BCUT2D eigenvalue weighted by Crippen LogP contribution is 2.34. The van der Waals surface area contributed by atoms with Crippen LogP contribution in [0, 0.1) is 0 Å². The van der Waals surface area contributed by atoms with Gasteiger partial charge in [-0.1, -0.05) is 42.5 Å².